The molecule has 24 heavy (non-hydrogen) atoms. The minimum absolute atomic E-state index is 0.0556. The average Bonchev–Trinajstić information content (AvgIpc) is 2.53. The largest absolute Gasteiger partial charge is 0.501 e. The van der Waals surface area contributed by atoms with E-state index in [0.717, 1.165) is 37.1 Å². The second-order valence-corrected chi connectivity index (χ2v) is 7.93. The molecular formula is C15H19F3N2O3S. The molecule has 1 aromatic rings. The number of carbonyl (C=O) groups excluding carboxylic acids is 1. The lowest BCUT2D eigenvalue weighted by atomic mass is 9.92. The van der Waals surface area contributed by atoms with Crippen molar-refractivity contribution < 1.29 is 26.4 Å². The summed E-state index contributed by atoms with van der Waals surface area (Å²) in [6, 6.07) is 3.78. The highest BCUT2D eigenvalue weighted by atomic mass is 32.2. The van der Waals surface area contributed by atoms with Crippen LogP contribution < -0.4 is 5.73 Å². The van der Waals surface area contributed by atoms with Crippen molar-refractivity contribution in [1.29, 1.82) is 0 Å². The van der Waals surface area contributed by atoms with Crippen LogP contribution in [0.15, 0.2) is 29.2 Å². The SMILES string of the molecule is C[C@H](N)[C@H]1CCCN(C(=O)c2ccc(S(=O)(=O)C(F)(F)F)cc2)C1. The summed E-state index contributed by atoms with van der Waals surface area (Å²) >= 11 is 0. The molecule has 134 valence electrons. The van der Waals surface area contributed by atoms with E-state index in [1.807, 2.05) is 6.92 Å². The van der Waals surface area contributed by atoms with Gasteiger partial charge in [-0.1, -0.05) is 0 Å². The fraction of sp³-hybridized carbons (Fsp3) is 0.533. The minimum atomic E-state index is -5.41. The zero-order valence-electron chi connectivity index (χ0n) is 13.1. The topological polar surface area (TPSA) is 80.5 Å². The Labute approximate surface area is 138 Å². The lowest BCUT2D eigenvalue weighted by molar-refractivity contribution is -0.0436. The molecule has 1 saturated heterocycles. The van der Waals surface area contributed by atoms with Gasteiger partial charge in [-0.3, -0.25) is 4.79 Å². The number of nitrogens with zero attached hydrogens (tertiary/aromatic N) is 1. The van der Waals surface area contributed by atoms with Crippen molar-refractivity contribution in [1.82, 2.24) is 4.90 Å². The standard InChI is InChI=1S/C15H19F3N2O3S/c1-10(19)12-3-2-8-20(9-12)14(21)11-4-6-13(7-5-11)24(22,23)15(16,17)18/h4-7,10,12H,2-3,8-9,19H2,1H3/t10-,12-/m0/s1. The van der Waals surface area contributed by atoms with Crippen LogP contribution in [0.3, 0.4) is 0 Å². The number of carbonyl (C=O) groups is 1. The molecule has 0 aliphatic carbocycles. The number of rotatable bonds is 3. The highest BCUT2D eigenvalue weighted by molar-refractivity contribution is 7.92. The van der Waals surface area contributed by atoms with Crippen molar-refractivity contribution in [2.45, 2.75) is 36.2 Å². The molecule has 1 amide bonds. The molecule has 2 atom stereocenters. The maximum Gasteiger partial charge on any atom is 0.501 e. The molecule has 1 heterocycles. The van der Waals surface area contributed by atoms with Crippen LogP contribution in [0, 0.1) is 5.92 Å². The van der Waals surface area contributed by atoms with Crippen LogP contribution in [0.25, 0.3) is 0 Å². The molecule has 1 aliphatic heterocycles. The molecule has 0 spiro atoms. The van der Waals surface area contributed by atoms with Crippen molar-refractivity contribution in [3.63, 3.8) is 0 Å². The lowest BCUT2D eigenvalue weighted by Crippen LogP contribution is -2.45. The smallest absolute Gasteiger partial charge is 0.338 e. The average molecular weight is 364 g/mol. The third kappa shape index (κ3) is 3.72. The van der Waals surface area contributed by atoms with E-state index in [0.29, 0.717) is 13.1 Å². The number of hydrogen-bond acceptors (Lipinski definition) is 4. The second kappa shape index (κ2) is 6.72. The summed E-state index contributed by atoms with van der Waals surface area (Å²) in [4.78, 5) is 13.2. The van der Waals surface area contributed by atoms with Gasteiger partial charge in [0.2, 0.25) is 0 Å². The summed E-state index contributed by atoms with van der Waals surface area (Å²) in [7, 11) is -5.41. The molecule has 1 aliphatic rings. The molecule has 0 bridgehead atoms. The van der Waals surface area contributed by atoms with Crippen molar-refractivity contribution in [2.75, 3.05) is 13.1 Å². The fourth-order valence-electron chi connectivity index (χ4n) is 2.72. The van der Waals surface area contributed by atoms with Crippen LogP contribution in [0.1, 0.15) is 30.1 Å². The van der Waals surface area contributed by atoms with Crippen molar-refractivity contribution in [3.05, 3.63) is 29.8 Å². The molecule has 1 aromatic carbocycles. The van der Waals surface area contributed by atoms with E-state index in [9.17, 15) is 26.4 Å². The zero-order chi connectivity index (χ0) is 18.1. The Morgan fingerprint density at radius 3 is 2.38 bits per heavy atom. The van der Waals surface area contributed by atoms with Crippen LogP contribution in [-0.4, -0.2) is 43.9 Å². The predicted molar refractivity (Wildman–Crippen MR) is 82.0 cm³/mol. The van der Waals surface area contributed by atoms with Gasteiger partial charge in [-0.25, -0.2) is 8.42 Å². The van der Waals surface area contributed by atoms with Gasteiger partial charge in [0.15, 0.2) is 0 Å². The van der Waals surface area contributed by atoms with Crippen LogP contribution in [0.4, 0.5) is 13.2 Å². The summed E-state index contributed by atoms with van der Waals surface area (Å²) in [5.41, 5.74) is 0.654. The van der Waals surface area contributed by atoms with Gasteiger partial charge in [0.1, 0.15) is 0 Å². The predicted octanol–water partition coefficient (Wildman–Crippen LogP) is 2.18. The Hall–Kier alpha value is -1.61. The monoisotopic (exact) mass is 364 g/mol. The quantitative estimate of drug-likeness (QED) is 0.891. The molecule has 0 unspecified atom stereocenters. The van der Waals surface area contributed by atoms with Gasteiger partial charge in [0, 0.05) is 24.7 Å². The number of piperidine rings is 1. The van der Waals surface area contributed by atoms with Crippen LogP contribution in [-0.2, 0) is 9.84 Å². The number of hydrogen-bond donors (Lipinski definition) is 1. The maximum absolute atomic E-state index is 12.5. The third-order valence-corrected chi connectivity index (χ3v) is 5.71. The fourth-order valence-corrected chi connectivity index (χ4v) is 3.48. The molecule has 0 radical (unpaired) electrons. The van der Waals surface area contributed by atoms with Gasteiger partial charge < -0.3 is 10.6 Å². The number of benzene rings is 1. The van der Waals surface area contributed by atoms with Gasteiger partial charge in [-0.2, -0.15) is 13.2 Å². The first-order valence-corrected chi connectivity index (χ1v) is 8.98. The Balaban J connectivity index is 2.18. The Morgan fingerprint density at radius 1 is 1.29 bits per heavy atom. The van der Waals surface area contributed by atoms with Crippen molar-refractivity contribution in [3.8, 4) is 0 Å². The van der Waals surface area contributed by atoms with Gasteiger partial charge in [0.05, 0.1) is 4.90 Å². The highest BCUT2D eigenvalue weighted by Crippen LogP contribution is 2.30. The summed E-state index contributed by atoms with van der Waals surface area (Å²) < 4.78 is 60.2. The number of alkyl halides is 3. The Bertz CT molecular complexity index is 700. The first-order chi connectivity index (χ1) is 11.0. The number of likely N-dealkylation sites (tertiary alicyclic amines) is 1. The summed E-state index contributed by atoms with van der Waals surface area (Å²) in [5.74, 6) is -0.163. The molecule has 0 saturated carbocycles. The number of sulfone groups is 1. The molecule has 5 nitrogen and oxygen atoms in total. The zero-order valence-corrected chi connectivity index (χ0v) is 13.9. The Morgan fingerprint density at radius 2 is 1.88 bits per heavy atom. The van der Waals surface area contributed by atoms with Crippen molar-refractivity contribution in [2.24, 2.45) is 11.7 Å². The van der Waals surface area contributed by atoms with Crippen LogP contribution >= 0.6 is 0 Å². The van der Waals surface area contributed by atoms with E-state index in [-0.39, 0.29) is 23.4 Å². The normalized spacial score (nSPS) is 20.7. The molecule has 2 N–H and O–H groups in total. The first-order valence-electron chi connectivity index (χ1n) is 7.50. The summed E-state index contributed by atoms with van der Waals surface area (Å²) in [6.45, 7) is 2.90. The molecule has 2 rings (SSSR count). The van der Waals surface area contributed by atoms with E-state index in [1.54, 1.807) is 4.90 Å². The van der Waals surface area contributed by atoms with Crippen molar-refractivity contribution >= 4 is 15.7 Å². The molecular weight excluding hydrogens is 345 g/mol. The highest BCUT2D eigenvalue weighted by Gasteiger charge is 2.46. The first kappa shape index (κ1) is 18.7. The molecule has 9 heteroatoms. The van der Waals surface area contributed by atoms with E-state index in [2.05, 4.69) is 0 Å². The minimum Gasteiger partial charge on any atom is -0.338 e. The molecule has 1 fully saturated rings. The van der Waals surface area contributed by atoms with E-state index < -0.39 is 20.2 Å². The van der Waals surface area contributed by atoms with Crippen LogP contribution in [0.2, 0.25) is 0 Å². The lowest BCUT2D eigenvalue weighted by Gasteiger charge is -2.34. The number of nitrogens with two attached hydrogens (primary N) is 1. The number of amides is 1. The van der Waals surface area contributed by atoms with E-state index in [1.165, 1.54) is 0 Å². The van der Waals surface area contributed by atoms with E-state index >= 15 is 0 Å². The van der Waals surface area contributed by atoms with Crippen LogP contribution in [0.5, 0.6) is 0 Å². The van der Waals surface area contributed by atoms with E-state index in [4.69, 9.17) is 5.73 Å². The van der Waals surface area contributed by atoms with Gasteiger partial charge in [-0.15, -0.1) is 0 Å². The number of halogens is 3. The van der Waals surface area contributed by atoms with Gasteiger partial charge in [-0.05, 0) is 49.9 Å². The Kier molecular flexibility index (Phi) is 5.24. The summed E-state index contributed by atoms with van der Waals surface area (Å²) in [6.07, 6.45) is 1.72. The van der Waals surface area contributed by atoms with Gasteiger partial charge in [0.25, 0.3) is 15.7 Å². The maximum atomic E-state index is 12.5. The molecule has 0 aromatic heterocycles. The summed E-state index contributed by atoms with van der Waals surface area (Å²) in [5, 5.41) is 0. The van der Waals surface area contributed by atoms with Gasteiger partial charge >= 0.3 is 5.51 Å². The second-order valence-electron chi connectivity index (χ2n) is 5.99. The third-order valence-electron chi connectivity index (χ3n) is 4.20.